The molecule has 1 amide bonds. The maximum absolute atomic E-state index is 11.5. The number of nitrogens with zero attached hydrogens (tertiary/aromatic N) is 3. The number of hydrogen-bond acceptors (Lipinski definition) is 5. The Morgan fingerprint density at radius 3 is 2.86 bits per heavy atom. The number of halogens is 1. The highest BCUT2D eigenvalue weighted by Gasteiger charge is 2.17. The molecule has 3 N–H and O–H groups in total. The Morgan fingerprint density at radius 2 is 2.14 bits per heavy atom. The molecule has 1 aromatic carbocycles. The van der Waals surface area contributed by atoms with Crippen molar-refractivity contribution in [3.8, 4) is 11.3 Å². The van der Waals surface area contributed by atoms with E-state index in [1.54, 1.807) is 6.07 Å². The number of benzene rings is 1. The van der Waals surface area contributed by atoms with Crippen molar-refractivity contribution in [3.63, 3.8) is 0 Å². The average Bonchev–Trinajstić information content (AvgIpc) is 3.10. The molecule has 0 aliphatic carbocycles. The van der Waals surface area contributed by atoms with E-state index in [0.29, 0.717) is 11.5 Å². The van der Waals surface area contributed by atoms with Crippen LogP contribution in [0, 0.1) is 12.8 Å². The van der Waals surface area contributed by atoms with E-state index in [-0.39, 0.29) is 0 Å². The number of nitrogens with one attached hydrogen (secondary N) is 1. The highest BCUT2D eigenvalue weighted by molar-refractivity contribution is 9.10. The van der Waals surface area contributed by atoms with Gasteiger partial charge in [0.2, 0.25) is 5.91 Å². The second-order valence-electron chi connectivity index (χ2n) is 7.09. The molecule has 0 bridgehead atoms. The van der Waals surface area contributed by atoms with Gasteiger partial charge in [0.25, 0.3) is 0 Å². The number of thioether (sulfide) groups is 1. The molecule has 6 nitrogen and oxygen atoms in total. The number of anilines is 1. The van der Waals surface area contributed by atoms with Crippen molar-refractivity contribution < 1.29 is 4.79 Å². The van der Waals surface area contributed by atoms with Crippen molar-refractivity contribution in [2.24, 2.45) is 11.7 Å². The van der Waals surface area contributed by atoms with E-state index in [1.165, 1.54) is 24.3 Å². The van der Waals surface area contributed by atoms with Crippen LogP contribution in [-0.4, -0.2) is 38.6 Å². The lowest BCUT2D eigenvalue weighted by Crippen LogP contribution is -2.19. The summed E-state index contributed by atoms with van der Waals surface area (Å²) < 4.78 is 2.58. The number of fused-ring (bicyclic) bond motifs is 1. The van der Waals surface area contributed by atoms with Gasteiger partial charge in [-0.05, 0) is 76.9 Å². The maximum atomic E-state index is 11.5. The van der Waals surface area contributed by atoms with Crippen LogP contribution in [0.5, 0.6) is 0 Å². The largest absolute Gasteiger partial charge is 0.382 e. The van der Waals surface area contributed by atoms with Crippen LogP contribution in [0.25, 0.3) is 16.9 Å². The molecule has 8 heteroatoms. The van der Waals surface area contributed by atoms with Crippen LogP contribution in [0.2, 0.25) is 0 Å². The van der Waals surface area contributed by atoms with Crippen molar-refractivity contribution in [2.45, 2.75) is 19.8 Å². The number of nitrogens with two attached hydrogens (primary N) is 1. The summed E-state index contributed by atoms with van der Waals surface area (Å²) in [5.41, 5.74) is 10.4. The second kappa shape index (κ2) is 8.13. The minimum atomic E-state index is -0.421. The summed E-state index contributed by atoms with van der Waals surface area (Å²) in [6.07, 6.45) is 4.33. The van der Waals surface area contributed by atoms with E-state index < -0.39 is 5.91 Å². The predicted molar refractivity (Wildman–Crippen MR) is 118 cm³/mol. The number of aromatic nitrogens is 3. The minimum Gasteiger partial charge on any atom is -0.382 e. The van der Waals surface area contributed by atoms with Crippen molar-refractivity contribution in [1.82, 2.24) is 14.6 Å². The summed E-state index contributed by atoms with van der Waals surface area (Å²) in [7, 11) is 0. The van der Waals surface area contributed by atoms with Crippen molar-refractivity contribution in [2.75, 3.05) is 23.4 Å². The molecule has 1 saturated heterocycles. The van der Waals surface area contributed by atoms with Crippen LogP contribution < -0.4 is 11.1 Å². The van der Waals surface area contributed by atoms with E-state index in [1.807, 2.05) is 47.6 Å². The molecule has 3 heterocycles. The molecule has 0 atom stereocenters. The monoisotopic (exact) mass is 459 g/mol. The number of hydrogen-bond donors (Lipinski definition) is 2. The third kappa shape index (κ3) is 3.89. The predicted octanol–water partition coefficient (Wildman–Crippen LogP) is 4.12. The van der Waals surface area contributed by atoms with Crippen LogP contribution in [0.3, 0.4) is 0 Å². The smallest absolute Gasteiger partial charge is 0.248 e. The second-order valence-corrected chi connectivity index (χ2v) is 9.13. The van der Waals surface area contributed by atoms with Crippen molar-refractivity contribution in [3.05, 3.63) is 46.2 Å². The van der Waals surface area contributed by atoms with E-state index >= 15 is 0 Å². The third-order valence-electron chi connectivity index (χ3n) is 5.15. The molecule has 146 valence electrons. The van der Waals surface area contributed by atoms with Gasteiger partial charge in [0, 0.05) is 17.7 Å². The number of amides is 1. The van der Waals surface area contributed by atoms with Gasteiger partial charge in [-0.2, -0.15) is 16.9 Å². The van der Waals surface area contributed by atoms with Gasteiger partial charge in [0.15, 0.2) is 5.65 Å². The lowest BCUT2D eigenvalue weighted by molar-refractivity contribution is 0.0999. The van der Waals surface area contributed by atoms with Crippen LogP contribution in [0.1, 0.15) is 28.8 Å². The first-order valence-corrected chi connectivity index (χ1v) is 11.2. The molecular formula is C20H22BrN5OS. The Labute approximate surface area is 176 Å². The van der Waals surface area contributed by atoms with Gasteiger partial charge in [0.1, 0.15) is 4.60 Å². The number of primary amides is 1. The number of carbonyl (C=O) groups excluding carboxylic acids is 1. The van der Waals surface area contributed by atoms with Gasteiger partial charge in [-0.1, -0.05) is 6.07 Å². The number of carbonyl (C=O) groups is 1. The van der Waals surface area contributed by atoms with Crippen LogP contribution in [-0.2, 0) is 0 Å². The molecule has 4 rings (SSSR count). The Morgan fingerprint density at radius 1 is 1.36 bits per heavy atom. The molecule has 2 aromatic heterocycles. The molecule has 0 unspecified atom stereocenters. The van der Waals surface area contributed by atoms with Gasteiger partial charge in [-0.3, -0.25) is 4.79 Å². The number of imidazole rings is 1. The standard InChI is InChI=1S/C20H22BrN5OS/c1-12-8-14(2-3-15(12)19(22)27)17-11-24-20-16(9-18(21)25-26(17)20)23-10-13-4-6-28-7-5-13/h2-3,8-9,11,13,23H,4-7,10H2,1H3,(H2,22,27). The summed E-state index contributed by atoms with van der Waals surface area (Å²) in [6, 6.07) is 7.56. The van der Waals surface area contributed by atoms with Crippen LogP contribution in [0.4, 0.5) is 5.69 Å². The summed E-state index contributed by atoms with van der Waals surface area (Å²) in [4.78, 5) is 16.1. The molecule has 0 saturated carbocycles. The Hall–Kier alpha value is -2.06. The highest BCUT2D eigenvalue weighted by Crippen LogP contribution is 2.28. The summed E-state index contributed by atoms with van der Waals surface area (Å²) in [5.74, 6) is 2.77. The quantitative estimate of drug-likeness (QED) is 0.599. The van der Waals surface area contributed by atoms with Crippen LogP contribution in [0.15, 0.2) is 35.1 Å². The van der Waals surface area contributed by atoms with Crippen molar-refractivity contribution in [1.29, 1.82) is 0 Å². The zero-order valence-electron chi connectivity index (χ0n) is 15.6. The molecule has 1 fully saturated rings. The normalized spacial score (nSPS) is 15.1. The lowest BCUT2D eigenvalue weighted by Gasteiger charge is -2.22. The zero-order chi connectivity index (χ0) is 19.7. The van der Waals surface area contributed by atoms with Crippen LogP contribution >= 0.6 is 27.7 Å². The lowest BCUT2D eigenvalue weighted by atomic mass is 10.0. The Bertz CT molecular complexity index is 1030. The molecule has 1 aliphatic rings. The first-order valence-electron chi connectivity index (χ1n) is 9.29. The fourth-order valence-corrected chi connectivity index (χ4v) is 5.16. The van der Waals surface area contributed by atoms with E-state index in [4.69, 9.17) is 5.73 Å². The summed E-state index contributed by atoms with van der Waals surface area (Å²) in [5, 5.41) is 8.17. The summed E-state index contributed by atoms with van der Waals surface area (Å²) in [6.45, 7) is 2.83. The molecule has 3 aromatic rings. The fourth-order valence-electron chi connectivity index (χ4n) is 3.57. The zero-order valence-corrected chi connectivity index (χ0v) is 18.0. The van der Waals surface area contributed by atoms with Crippen molar-refractivity contribution >= 4 is 44.9 Å². The Balaban J connectivity index is 1.67. The van der Waals surface area contributed by atoms with Gasteiger partial charge >= 0.3 is 0 Å². The fraction of sp³-hybridized carbons (Fsp3) is 0.350. The average molecular weight is 460 g/mol. The maximum Gasteiger partial charge on any atom is 0.248 e. The minimum absolute atomic E-state index is 0.421. The van der Waals surface area contributed by atoms with Gasteiger partial charge in [-0.25, -0.2) is 9.50 Å². The molecule has 1 aliphatic heterocycles. The summed E-state index contributed by atoms with van der Waals surface area (Å²) >= 11 is 5.56. The SMILES string of the molecule is Cc1cc(-c2cnc3c(NCC4CCSCC4)cc(Br)nn23)ccc1C(N)=O. The topological polar surface area (TPSA) is 85.3 Å². The Kier molecular flexibility index (Phi) is 5.59. The molecule has 0 spiro atoms. The van der Waals surface area contributed by atoms with Gasteiger partial charge in [-0.15, -0.1) is 0 Å². The number of aryl methyl sites for hydroxylation is 1. The van der Waals surface area contributed by atoms with Gasteiger partial charge in [0.05, 0.1) is 17.6 Å². The first kappa shape index (κ1) is 19.3. The highest BCUT2D eigenvalue weighted by atomic mass is 79.9. The van der Waals surface area contributed by atoms with E-state index in [2.05, 4.69) is 31.3 Å². The molecular weight excluding hydrogens is 438 g/mol. The third-order valence-corrected chi connectivity index (χ3v) is 6.58. The molecule has 0 radical (unpaired) electrons. The molecule has 28 heavy (non-hydrogen) atoms. The van der Waals surface area contributed by atoms with E-state index in [0.717, 1.165) is 39.3 Å². The number of rotatable bonds is 5. The van der Waals surface area contributed by atoms with E-state index in [9.17, 15) is 4.79 Å². The first-order chi connectivity index (χ1) is 13.5. The van der Waals surface area contributed by atoms with Gasteiger partial charge < -0.3 is 11.1 Å².